The Labute approximate surface area is 121 Å². The Balaban J connectivity index is 2.02. The van der Waals surface area contributed by atoms with Gasteiger partial charge in [0.2, 0.25) is 0 Å². The van der Waals surface area contributed by atoms with Gasteiger partial charge in [0.1, 0.15) is 12.4 Å². The highest BCUT2D eigenvalue weighted by Gasteiger charge is 2.09. The molecule has 4 nitrogen and oxygen atoms in total. The normalized spacial score (nSPS) is 10.4. The summed E-state index contributed by atoms with van der Waals surface area (Å²) in [6.45, 7) is 4.02. The molecule has 100 valence electrons. The highest BCUT2D eigenvalue weighted by Crippen LogP contribution is 2.24. The molecule has 0 aliphatic rings. The number of nitrogens with zero attached hydrogens (tertiary/aromatic N) is 3. The van der Waals surface area contributed by atoms with Crippen LogP contribution < -0.4 is 4.74 Å². The van der Waals surface area contributed by atoms with Crippen LogP contribution in [0.1, 0.15) is 5.82 Å². The second-order valence-electron chi connectivity index (χ2n) is 3.78. The smallest absolute Gasteiger partial charge is 0.191 e. The van der Waals surface area contributed by atoms with E-state index in [1.807, 2.05) is 35.9 Å². The third-order valence-corrected chi connectivity index (χ3v) is 3.78. The molecule has 0 atom stereocenters. The monoisotopic (exact) mass is 295 g/mol. The van der Waals surface area contributed by atoms with Crippen molar-refractivity contribution in [3.8, 4) is 5.75 Å². The Hall–Kier alpha value is -1.46. The minimum Gasteiger partial charge on any atom is -0.484 e. The van der Waals surface area contributed by atoms with Gasteiger partial charge in [-0.1, -0.05) is 41.6 Å². The molecule has 0 amide bonds. The van der Waals surface area contributed by atoms with Crippen molar-refractivity contribution >= 4 is 23.4 Å². The van der Waals surface area contributed by atoms with Crippen molar-refractivity contribution in [3.05, 3.63) is 47.8 Å². The number of aromatic nitrogens is 3. The summed E-state index contributed by atoms with van der Waals surface area (Å²) in [5, 5.41) is 9.64. The summed E-state index contributed by atoms with van der Waals surface area (Å²) in [5.41, 5.74) is 0. The van der Waals surface area contributed by atoms with Gasteiger partial charge >= 0.3 is 0 Å². The van der Waals surface area contributed by atoms with Gasteiger partial charge in [0, 0.05) is 12.8 Å². The Morgan fingerprint density at radius 2 is 2.21 bits per heavy atom. The first-order chi connectivity index (χ1) is 9.22. The van der Waals surface area contributed by atoms with E-state index < -0.39 is 0 Å². The van der Waals surface area contributed by atoms with Crippen molar-refractivity contribution in [1.82, 2.24) is 14.8 Å². The van der Waals surface area contributed by atoms with E-state index in [2.05, 4.69) is 16.8 Å². The Morgan fingerprint density at radius 3 is 2.95 bits per heavy atom. The van der Waals surface area contributed by atoms with Gasteiger partial charge in [-0.3, -0.25) is 0 Å². The van der Waals surface area contributed by atoms with Gasteiger partial charge in [-0.15, -0.1) is 16.8 Å². The zero-order valence-corrected chi connectivity index (χ0v) is 12.1. The van der Waals surface area contributed by atoms with E-state index in [4.69, 9.17) is 16.3 Å². The molecule has 2 rings (SSSR count). The predicted molar refractivity (Wildman–Crippen MR) is 77.7 cm³/mol. The van der Waals surface area contributed by atoms with Gasteiger partial charge in [-0.05, 0) is 12.1 Å². The first-order valence-corrected chi connectivity index (χ1v) is 7.08. The van der Waals surface area contributed by atoms with Gasteiger partial charge in [-0.25, -0.2) is 0 Å². The minimum absolute atomic E-state index is 0.335. The fraction of sp³-hybridized carbons (Fsp3) is 0.231. The number of para-hydroxylation sites is 1. The molecule has 0 aliphatic heterocycles. The molecule has 0 spiro atoms. The van der Waals surface area contributed by atoms with Crippen LogP contribution in [0, 0.1) is 0 Å². The molecule has 1 heterocycles. The molecule has 0 aliphatic carbocycles. The van der Waals surface area contributed by atoms with Gasteiger partial charge < -0.3 is 9.30 Å². The maximum absolute atomic E-state index is 6.02. The first-order valence-electron chi connectivity index (χ1n) is 5.71. The lowest BCUT2D eigenvalue weighted by atomic mass is 10.3. The highest BCUT2D eigenvalue weighted by atomic mass is 35.5. The molecular formula is C13H14ClN3OS. The van der Waals surface area contributed by atoms with Crippen molar-refractivity contribution in [2.45, 2.75) is 11.8 Å². The minimum atomic E-state index is 0.335. The second kappa shape index (κ2) is 6.63. The molecule has 0 unspecified atom stereocenters. The summed E-state index contributed by atoms with van der Waals surface area (Å²) in [6.07, 6.45) is 1.83. The van der Waals surface area contributed by atoms with E-state index in [0.717, 1.165) is 16.7 Å². The third-order valence-electron chi connectivity index (χ3n) is 2.45. The van der Waals surface area contributed by atoms with Crippen LogP contribution in [0.5, 0.6) is 5.75 Å². The van der Waals surface area contributed by atoms with Crippen molar-refractivity contribution in [3.63, 3.8) is 0 Å². The van der Waals surface area contributed by atoms with Crippen molar-refractivity contribution in [2.75, 3.05) is 5.75 Å². The second-order valence-corrected chi connectivity index (χ2v) is 5.17. The quantitative estimate of drug-likeness (QED) is 0.605. The average molecular weight is 296 g/mol. The van der Waals surface area contributed by atoms with Crippen molar-refractivity contribution in [2.24, 2.45) is 7.05 Å². The molecule has 0 saturated carbocycles. The highest BCUT2D eigenvalue weighted by molar-refractivity contribution is 7.99. The van der Waals surface area contributed by atoms with Crippen LogP contribution in [0.25, 0.3) is 0 Å². The number of rotatable bonds is 6. The molecule has 0 bridgehead atoms. The van der Waals surface area contributed by atoms with Crippen LogP contribution in [0.2, 0.25) is 5.02 Å². The molecule has 0 saturated heterocycles. The zero-order chi connectivity index (χ0) is 13.7. The van der Waals surface area contributed by atoms with E-state index in [0.29, 0.717) is 17.4 Å². The summed E-state index contributed by atoms with van der Waals surface area (Å²) < 4.78 is 7.54. The Kier molecular flexibility index (Phi) is 4.87. The van der Waals surface area contributed by atoms with E-state index in [9.17, 15) is 0 Å². The van der Waals surface area contributed by atoms with Crippen LogP contribution in [-0.2, 0) is 13.7 Å². The topological polar surface area (TPSA) is 39.9 Å². The molecule has 19 heavy (non-hydrogen) atoms. The van der Waals surface area contributed by atoms with E-state index in [-0.39, 0.29) is 0 Å². The molecule has 0 fully saturated rings. The summed E-state index contributed by atoms with van der Waals surface area (Å²) in [4.78, 5) is 0. The number of ether oxygens (including phenoxy) is 1. The van der Waals surface area contributed by atoms with E-state index in [1.54, 1.807) is 17.8 Å². The number of halogens is 1. The van der Waals surface area contributed by atoms with Crippen LogP contribution in [0.3, 0.4) is 0 Å². The summed E-state index contributed by atoms with van der Waals surface area (Å²) >= 11 is 7.60. The molecule has 1 aromatic carbocycles. The van der Waals surface area contributed by atoms with Gasteiger partial charge in [-0.2, -0.15) is 0 Å². The molecule has 2 aromatic rings. The maximum atomic E-state index is 6.02. The molecule has 6 heteroatoms. The van der Waals surface area contributed by atoms with Crippen LogP contribution in [0.15, 0.2) is 42.1 Å². The zero-order valence-electron chi connectivity index (χ0n) is 10.5. The fourth-order valence-corrected chi connectivity index (χ4v) is 2.29. The molecule has 0 radical (unpaired) electrons. The predicted octanol–water partition coefficient (Wildman–Crippen LogP) is 3.33. The lowest BCUT2D eigenvalue weighted by molar-refractivity contribution is 0.290. The van der Waals surface area contributed by atoms with E-state index >= 15 is 0 Å². The largest absolute Gasteiger partial charge is 0.484 e. The third kappa shape index (κ3) is 3.52. The lowest BCUT2D eigenvalue weighted by Gasteiger charge is -2.07. The van der Waals surface area contributed by atoms with Crippen LogP contribution in [0.4, 0.5) is 0 Å². The van der Waals surface area contributed by atoms with Crippen LogP contribution in [-0.4, -0.2) is 20.5 Å². The van der Waals surface area contributed by atoms with E-state index in [1.165, 1.54) is 0 Å². The average Bonchev–Trinajstić information content (AvgIpc) is 2.76. The number of thioether (sulfide) groups is 1. The molecular weight excluding hydrogens is 282 g/mol. The van der Waals surface area contributed by atoms with Crippen LogP contribution >= 0.6 is 23.4 Å². The van der Waals surface area contributed by atoms with Gasteiger partial charge in [0.05, 0.1) is 5.02 Å². The maximum Gasteiger partial charge on any atom is 0.191 e. The lowest BCUT2D eigenvalue weighted by Crippen LogP contribution is -2.04. The Morgan fingerprint density at radius 1 is 1.42 bits per heavy atom. The van der Waals surface area contributed by atoms with Crippen molar-refractivity contribution < 1.29 is 4.74 Å². The first kappa shape index (κ1) is 14.0. The summed E-state index contributed by atoms with van der Waals surface area (Å²) in [6, 6.07) is 7.36. The fourth-order valence-electron chi connectivity index (χ4n) is 1.43. The summed E-state index contributed by atoms with van der Waals surface area (Å²) in [7, 11) is 1.91. The standard InChI is InChI=1S/C13H14ClN3OS/c1-3-8-19-13-16-15-12(17(13)2)9-18-11-7-5-4-6-10(11)14/h3-7H,1,8-9H2,2H3. The van der Waals surface area contributed by atoms with Gasteiger partial charge in [0.25, 0.3) is 0 Å². The Bertz CT molecular complexity index is 571. The van der Waals surface area contributed by atoms with Crippen molar-refractivity contribution in [1.29, 1.82) is 0 Å². The SMILES string of the molecule is C=CCSc1nnc(COc2ccccc2Cl)n1C. The van der Waals surface area contributed by atoms with Gasteiger partial charge in [0.15, 0.2) is 11.0 Å². The number of benzene rings is 1. The summed E-state index contributed by atoms with van der Waals surface area (Å²) in [5.74, 6) is 2.20. The molecule has 1 aromatic heterocycles. The number of hydrogen-bond donors (Lipinski definition) is 0. The molecule has 0 N–H and O–H groups in total. The number of hydrogen-bond acceptors (Lipinski definition) is 4.